The zero-order valence-electron chi connectivity index (χ0n) is 15.4. The third kappa shape index (κ3) is 5.65. The SMILES string of the molecule is CN=C(NCc1ccc(OC)cc1)NCc1ccnc(OCC2CC2)c1. The van der Waals surface area contributed by atoms with E-state index in [-0.39, 0.29) is 0 Å². The molecule has 1 aliphatic carbocycles. The molecule has 6 nitrogen and oxygen atoms in total. The second-order valence-electron chi connectivity index (χ2n) is 6.38. The highest BCUT2D eigenvalue weighted by Crippen LogP contribution is 2.29. The summed E-state index contributed by atoms with van der Waals surface area (Å²) in [4.78, 5) is 8.54. The van der Waals surface area contributed by atoms with Crippen LogP contribution in [0.3, 0.4) is 0 Å². The summed E-state index contributed by atoms with van der Waals surface area (Å²) in [6.07, 6.45) is 4.33. The Bertz CT molecular complexity index is 727. The highest BCUT2D eigenvalue weighted by atomic mass is 16.5. The molecule has 1 saturated carbocycles. The molecule has 0 saturated heterocycles. The summed E-state index contributed by atoms with van der Waals surface area (Å²) in [5, 5.41) is 6.62. The Balaban J connectivity index is 1.46. The van der Waals surface area contributed by atoms with Crippen molar-refractivity contribution in [1.82, 2.24) is 15.6 Å². The first kappa shape index (κ1) is 18.0. The molecule has 2 aromatic rings. The van der Waals surface area contributed by atoms with Crippen LogP contribution >= 0.6 is 0 Å². The minimum atomic E-state index is 0.657. The van der Waals surface area contributed by atoms with Gasteiger partial charge >= 0.3 is 0 Å². The third-order valence-electron chi connectivity index (χ3n) is 4.27. The van der Waals surface area contributed by atoms with Gasteiger partial charge in [0.15, 0.2) is 5.96 Å². The number of pyridine rings is 1. The van der Waals surface area contributed by atoms with Crippen molar-refractivity contribution in [2.45, 2.75) is 25.9 Å². The Morgan fingerprint density at radius 3 is 2.50 bits per heavy atom. The van der Waals surface area contributed by atoms with Crippen molar-refractivity contribution >= 4 is 5.96 Å². The summed E-state index contributed by atoms with van der Waals surface area (Å²) in [5.41, 5.74) is 2.27. The van der Waals surface area contributed by atoms with E-state index in [1.165, 1.54) is 12.8 Å². The van der Waals surface area contributed by atoms with Gasteiger partial charge in [-0.15, -0.1) is 0 Å². The number of hydrogen-bond acceptors (Lipinski definition) is 4. The van der Waals surface area contributed by atoms with E-state index in [1.54, 1.807) is 20.4 Å². The summed E-state index contributed by atoms with van der Waals surface area (Å²) in [6.45, 7) is 2.12. The second kappa shape index (κ2) is 9.08. The molecule has 0 atom stereocenters. The largest absolute Gasteiger partial charge is 0.497 e. The summed E-state index contributed by atoms with van der Waals surface area (Å²) in [6, 6.07) is 11.9. The minimum absolute atomic E-state index is 0.657. The second-order valence-corrected chi connectivity index (χ2v) is 6.38. The monoisotopic (exact) mass is 354 g/mol. The zero-order valence-corrected chi connectivity index (χ0v) is 15.4. The maximum Gasteiger partial charge on any atom is 0.213 e. The van der Waals surface area contributed by atoms with Crippen molar-refractivity contribution in [3.05, 3.63) is 53.7 Å². The van der Waals surface area contributed by atoms with Crippen LogP contribution in [0.1, 0.15) is 24.0 Å². The van der Waals surface area contributed by atoms with Gasteiger partial charge in [-0.1, -0.05) is 12.1 Å². The lowest BCUT2D eigenvalue weighted by molar-refractivity contribution is 0.288. The van der Waals surface area contributed by atoms with E-state index in [9.17, 15) is 0 Å². The average molecular weight is 354 g/mol. The normalized spacial score (nSPS) is 14.0. The molecule has 26 heavy (non-hydrogen) atoms. The third-order valence-corrected chi connectivity index (χ3v) is 4.27. The van der Waals surface area contributed by atoms with Crippen LogP contribution in [0.5, 0.6) is 11.6 Å². The zero-order chi connectivity index (χ0) is 18.2. The summed E-state index contributed by atoms with van der Waals surface area (Å²) in [7, 11) is 3.43. The fourth-order valence-corrected chi connectivity index (χ4v) is 2.46. The van der Waals surface area contributed by atoms with E-state index in [0.717, 1.165) is 35.4 Å². The van der Waals surface area contributed by atoms with Gasteiger partial charge in [0.25, 0.3) is 0 Å². The van der Waals surface area contributed by atoms with Gasteiger partial charge in [-0.3, -0.25) is 4.99 Å². The van der Waals surface area contributed by atoms with Crippen LogP contribution in [-0.4, -0.2) is 31.7 Å². The molecular formula is C20H26N4O2. The molecule has 0 unspecified atom stereocenters. The number of benzene rings is 1. The van der Waals surface area contributed by atoms with Gasteiger partial charge in [-0.2, -0.15) is 0 Å². The lowest BCUT2D eigenvalue weighted by atomic mass is 10.2. The molecule has 6 heteroatoms. The van der Waals surface area contributed by atoms with Crippen molar-refractivity contribution in [2.75, 3.05) is 20.8 Å². The average Bonchev–Trinajstić information content (AvgIpc) is 3.52. The van der Waals surface area contributed by atoms with Crippen molar-refractivity contribution < 1.29 is 9.47 Å². The molecule has 0 radical (unpaired) electrons. The van der Waals surface area contributed by atoms with Crippen LogP contribution < -0.4 is 20.1 Å². The molecule has 0 amide bonds. The fraction of sp³-hybridized carbons (Fsp3) is 0.400. The number of aromatic nitrogens is 1. The molecular weight excluding hydrogens is 328 g/mol. The van der Waals surface area contributed by atoms with Gasteiger partial charge in [-0.05, 0) is 48.1 Å². The molecule has 2 N–H and O–H groups in total. The van der Waals surface area contributed by atoms with Crippen LogP contribution in [-0.2, 0) is 13.1 Å². The summed E-state index contributed by atoms with van der Waals surface area (Å²) in [5.74, 6) is 3.02. The molecule has 0 spiro atoms. The standard InChI is InChI=1S/C20H26N4O2/c1-21-20(23-12-15-5-7-18(25-2)8-6-15)24-13-17-9-10-22-19(11-17)26-14-16-3-4-16/h5-11,16H,3-4,12-14H2,1-2H3,(H2,21,23,24). The minimum Gasteiger partial charge on any atom is -0.497 e. The fourth-order valence-electron chi connectivity index (χ4n) is 2.46. The van der Waals surface area contributed by atoms with Gasteiger partial charge in [0.1, 0.15) is 5.75 Å². The van der Waals surface area contributed by atoms with Crippen LogP contribution in [0.25, 0.3) is 0 Å². The maximum atomic E-state index is 5.73. The Kier molecular flexibility index (Phi) is 6.30. The molecule has 1 heterocycles. The molecule has 3 rings (SSSR count). The van der Waals surface area contributed by atoms with E-state index in [1.807, 2.05) is 36.4 Å². The number of rotatable bonds is 8. The number of guanidine groups is 1. The molecule has 1 aromatic carbocycles. The number of methoxy groups -OCH3 is 1. The van der Waals surface area contributed by atoms with Gasteiger partial charge in [0, 0.05) is 32.4 Å². The molecule has 0 bridgehead atoms. The summed E-state index contributed by atoms with van der Waals surface area (Å²) < 4.78 is 10.9. The molecule has 1 aromatic heterocycles. The number of nitrogens with zero attached hydrogens (tertiary/aromatic N) is 2. The predicted octanol–water partition coefficient (Wildman–Crippen LogP) is 2.74. The van der Waals surface area contributed by atoms with Gasteiger partial charge in [0.2, 0.25) is 5.88 Å². The Morgan fingerprint density at radius 1 is 1.12 bits per heavy atom. The van der Waals surface area contributed by atoms with E-state index >= 15 is 0 Å². The molecule has 0 aliphatic heterocycles. The van der Waals surface area contributed by atoms with E-state index in [0.29, 0.717) is 19.0 Å². The highest BCUT2D eigenvalue weighted by Gasteiger charge is 2.22. The smallest absolute Gasteiger partial charge is 0.213 e. The van der Waals surface area contributed by atoms with Crippen molar-refractivity contribution in [2.24, 2.45) is 10.9 Å². The van der Waals surface area contributed by atoms with Crippen LogP contribution in [0.4, 0.5) is 0 Å². The van der Waals surface area contributed by atoms with Crippen LogP contribution in [0.2, 0.25) is 0 Å². The molecule has 1 aliphatic rings. The first-order chi connectivity index (χ1) is 12.8. The molecule has 1 fully saturated rings. The van der Waals surface area contributed by atoms with E-state index < -0.39 is 0 Å². The Labute approximate surface area is 154 Å². The first-order valence-corrected chi connectivity index (χ1v) is 8.92. The van der Waals surface area contributed by atoms with Crippen molar-refractivity contribution in [1.29, 1.82) is 0 Å². The quantitative estimate of drug-likeness (QED) is 0.564. The Hall–Kier alpha value is -2.76. The van der Waals surface area contributed by atoms with E-state index in [2.05, 4.69) is 20.6 Å². The number of aliphatic imine (C=N–C) groups is 1. The number of hydrogen-bond donors (Lipinski definition) is 2. The predicted molar refractivity (Wildman–Crippen MR) is 102 cm³/mol. The summed E-state index contributed by atoms with van der Waals surface area (Å²) >= 11 is 0. The van der Waals surface area contributed by atoms with Crippen LogP contribution in [0.15, 0.2) is 47.6 Å². The first-order valence-electron chi connectivity index (χ1n) is 8.92. The lowest BCUT2D eigenvalue weighted by Crippen LogP contribution is -2.36. The van der Waals surface area contributed by atoms with Gasteiger partial charge < -0.3 is 20.1 Å². The maximum absolute atomic E-state index is 5.73. The highest BCUT2D eigenvalue weighted by molar-refractivity contribution is 5.79. The van der Waals surface area contributed by atoms with Gasteiger partial charge in [0.05, 0.1) is 13.7 Å². The van der Waals surface area contributed by atoms with Gasteiger partial charge in [-0.25, -0.2) is 4.98 Å². The topological polar surface area (TPSA) is 67.8 Å². The lowest BCUT2D eigenvalue weighted by Gasteiger charge is -2.13. The number of ether oxygens (including phenoxy) is 2. The number of nitrogens with one attached hydrogen (secondary N) is 2. The Morgan fingerprint density at radius 2 is 1.85 bits per heavy atom. The van der Waals surface area contributed by atoms with Crippen molar-refractivity contribution in [3.8, 4) is 11.6 Å². The van der Waals surface area contributed by atoms with Crippen molar-refractivity contribution in [3.63, 3.8) is 0 Å². The molecule has 138 valence electrons. The van der Waals surface area contributed by atoms with E-state index in [4.69, 9.17) is 9.47 Å². The van der Waals surface area contributed by atoms with Crippen LogP contribution in [0, 0.1) is 5.92 Å².